The fourth-order valence-electron chi connectivity index (χ4n) is 2.00. The molecule has 3 unspecified atom stereocenters. The molecule has 0 radical (unpaired) electrons. The monoisotopic (exact) mass is 205 g/mol. The van der Waals surface area contributed by atoms with Gasteiger partial charge in [-0.2, -0.15) is 0 Å². The lowest BCUT2D eigenvalue weighted by atomic mass is 10.00. The molecule has 1 saturated heterocycles. The first-order valence-electron chi connectivity index (χ1n) is 5.62. The Balaban J connectivity index is 2.17. The van der Waals surface area contributed by atoms with Crippen LogP contribution in [0.25, 0.3) is 0 Å². The summed E-state index contributed by atoms with van der Waals surface area (Å²) in [5, 5.41) is 3.47. The number of morpholine rings is 1. The lowest BCUT2D eigenvalue weighted by Crippen LogP contribution is -2.45. The number of nitrogens with one attached hydrogen (secondary N) is 1. The van der Waals surface area contributed by atoms with Crippen molar-refractivity contribution >= 4 is 0 Å². The number of aryl methyl sites for hydroxylation is 1. The number of hydrogen-bond acceptors (Lipinski definition) is 2. The van der Waals surface area contributed by atoms with Crippen LogP contribution in [0.15, 0.2) is 24.3 Å². The van der Waals surface area contributed by atoms with Crippen molar-refractivity contribution in [1.29, 1.82) is 0 Å². The van der Waals surface area contributed by atoms with Crippen LogP contribution in [0.4, 0.5) is 0 Å². The molecule has 1 N–H and O–H groups in total. The molecule has 2 rings (SSSR count). The van der Waals surface area contributed by atoms with Gasteiger partial charge in [-0.3, -0.25) is 0 Å². The van der Waals surface area contributed by atoms with Crippen molar-refractivity contribution in [1.82, 2.24) is 5.32 Å². The second kappa shape index (κ2) is 4.33. The molecule has 15 heavy (non-hydrogen) atoms. The molecule has 1 fully saturated rings. The highest BCUT2D eigenvalue weighted by atomic mass is 16.5. The maximum absolute atomic E-state index is 5.96. The zero-order valence-corrected chi connectivity index (χ0v) is 9.66. The molecule has 1 aromatic carbocycles. The van der Waals surface area contributed by atoms with E-state index < -0.39 is 0 Å². The molecule has 0 spiro atoms. The highest BCUT2D eigenvalue weighted by Crippen LogP contribution is 2.25. The van der Waals surface area contributed by atoms with Crippen molar-refractivity contribution < 1.29 is 4.74 Å². The Labute approximate surface area is 91.6 Å². The van der Waals surface area contributed by atoms with Crippen molar-refractivity contribution in [2.24, 2.45) is 0 Å². The van der Waals surface area contributed by atoms with Crippen LogP contribution in [0.5, 0.6) is 0 Å². The summed E-state index contributed by atoms with van der Waals surface area (Å²) in [5.74, 6) is 0. The standard InChI is InChI=1S/C13H19NO/c1-9-4-6-12(7-5-9)13-11(3)14-8-10(2)15-13/h4-7,10-11,13-14H,8H2,1-3H3. The van der Waals surface area contributed by atoms with E-state index in [1.807, 2.05) is 0 Å². The molecule has 0 bridgehead atoms. The molecule has 1 aliphatic heterocycles. The van der Waals surface area contributed by atoms with Crippen LogP contribution in [0.3, 0.4) is 0 Å². The second-order valence-electron chi connectivity index (χ2n) is 4.47. The van der Waals surface area contributed by atoms with Gasteiger partial charge in [0.2, 0.25) is 0 Å². The van der Waals surface area contributed by atoms with Gasteiger partial charge in [0.25, 0.3) is 0 Å². The average molecular weight is 205 g/mol. The Kier molecular flexibility index (Phi) is 3.08. The number of benzene rings is 1. The van der Waals surface area contributed by atoms with Gasteiger partial charge in [0, 0.05) is 12.6 Å². The first-order chi connectivity index (χ1) is 7.16. The summed E-state index contributed by atoms with van der Waals surface area (Å²) in [5.41, 5.74) is 2.57. The minimum absolute atomic E-state index is 0.189. The minimum Gasteiger partial charge on any atom is -0.368 e. The zero-order chi connectivity index (χ0) is 10.8. The summed E-state index contributed by atoms with van der Waals surface area (Å²) in [6.07, 6.45) is 0.488. The molecule has 0 saturated carbocycles. The largest absolute Gasteiger partial charge is 0.368 e. The molecule has 2 heteroatoms. The van der Waals surface area contributed by atoms with Crippen molar-refractivity contribution in [2.45, 2.75) is 39.0 Å². The molecular formula is C13H19NO. The van der Waals surface area contributed by atoms with Crippen LogP contribution in [-0.2, 0) is 4.74 Å². The third-order valence-corrected chi connectivity index (χ3v) is 2.97. The van der Waals surface area contributed by atoms with Gasteiger partial charge in [0.05, 0.1) is 12.2 Å². The van der Waals surface area contributed by atoms with E-state index in [1.165, 1.54) is 11.1 Å². The lowest BCUT2D eigenvalue weighted by molar-refractivity contribution is -0.0520. The first-order valence-corrected chi connectivity index (χ1v) is 5.62. The van der Waals surface area contributed by atoms with Crippen LogP contribution in [0.1, 0.15) is 31.1 Å². The minimum atomic E-state index is 0.189. The van der Waals surface area contributed by atoms with Gasteiger partial charge in [-0.05, 0) is 26.3 Å². The van der Waals surface area contributed by atoms with Gasteiger partial charge in [-0.15, -0.1) is 0 Å². The van der Waals surface area contributed by atoms with Crippen LogP contribution >= 0.6 is 0 Å². The SMILES string of the molecule is Cc1ccc(C2OC(C)CNC2C)cc1. The quantitative estimate of drug-likeness (QED) is 0.760. The maximum Gasteiger partial charge on any atom is 0.0979 e. The van der Waals surface area contributed by atoms with E-state index in [0.717, 1.165) is 6.54 Å². The normalized spacial score (nSPS) is 31.5. The number of rotatable bonds is 1. The predicted octanol–water partition coefficient (Wildman–Crippen LogP) is 2.43. The molecule has 2 nitrogen and oxygen atoms in total. The van der Waals surface area contributed by atoms with E-state index in [1.54, 1.807) is 0 Å². The molecular weight excluding hydrogens is 186 g/mol. The Morgan fingerprint density at radius 3 is 2.53 bits per heavy atom. The molecule has 1 heterocycles. The molecule has 1 aromatic rings. The van der Waals surface area contributed by atoms with E-state index >= 15 is 0 Å². The highest BCUT2D eigenvalue weighted by molar-refractivity contribution is 5.24. The van der Waals surface area contributed by atoms with E-state index in [-0.39, 0.29) is 6.10 Å². The number of ether oxygens (including phenoxy) is 1. The van der Waals surface area contributed by atoms with Gasteiger partial charge in [0.1, 0.15) is 0 Å². The summed E-state index contributed by atoms with van der Waals surface area (Å²) < 4.78 is 5.96. The van der Waals surface area contributed by atoms with Gasteiger partial charge < -0.3 is 10.1 Å². The predicted molar refractivity (Wildman–Crippen MR) is 61.9 cm³/mol. The maximum atomic E-state index is 5.96. The topological polar surface area (TPSA) is 21.3 Å². The molecule has 0 aromatic heterocycles. The van der Waals surface area contributed by atoms with Crippen LogP contribution in [0, 0.1) is 6.92 Å². The van der Waals surface area contributed by atoms with E-state index in [0.29, 0.717) is 12.1 Å². The molecule has 1 aliphatic rings. The van der Waals surface area contributed by atoms with Gasteiger partial charge in [-0.25, -0.2) is 0 Å². The van der Waals surface area contributed by atoms with Crippen LogP contribution in [-0.4, -0.2) is 18.7 Å². The van der Waals surface area contributed by atoms with Crippen molar-refractivity contribution in [3.05, 3.63) is 35.4 Å². The Morgan fingerprint density at radius 2 is 1.87 bits per heavy atom. The Hall–Kier alpha value is -0.860. The van der Waals surface area contributed by atoms with E-state index in [9.17, 15) is 0 Å². The van der Waals surface area contributed by atoms with Crippen molar-refractivity contribution in [3.63, 3.8) is 0 Å². The summed E-state index contributed by atoms with van der Waals surface area (Å²) in [4.78, 5) is 0. The van der Waals surface area contributed by atoms with E-state index in [2.05, 4.69) is 50.4 Å². The lowest BCUT2D eigenvalue weighted by Gasteiger charge is -2.34. The second-order valence-corrected chi connectivity index (χ2v) is 4.47. The fraction of sp³-hybridized carbons (Fsp3) is 0.538. The number of hydrogen-bond donors (Lipinski definition) is 1. The van der Waals surface area contributed by atoms with Crippen LogP contribution in [0.2, 0.25) is 0 Å². The van der Waals surface area contributed by atoms with Gasteiger partial charge in [-0.1, -0.05) is 29.8 Å². The van der Waals surface area contributed by atoms with Crippen molar-refractivity contribution in [2.75, 3.05) is 6.54 Å². The smallest absolute Gasteiger partial charge is 0.0979 e. The molecule has 0 amide bonds. The van der Waals surface area contributed by atoms with Gasteiger partial charge >= 0.3 is 0 Å². The summed E-state index contributed by atoms with van der Waals surface area (Å²) in [7, 11) is 0. The van der Waals surface area contributed by atoms with E-state index in [4.69, 9.17) is 4.74 Å². The summed E-state index contributed by atoms with van der Waals surface area (Å²) in [6, 6.07) is 9.01. The average Bonchev–Trinajstić information content (AvgIpc) is 2.23. The van der Waals surface area contributed by atoms with Gasteiger partial charge in [0.15, 0.2) is 0 Å². The molecule has 82 valence electrons. The summed E-state index contributed by atoms with van der Waals surface area (Å²) >= 11 is 0. The third kappa shape index (κ3) is 2.39. The summed E-state index contributed by atoms with van der Waals surface area (Å²) in [6.45, 7) is 7.34. The Morgan fingerprint density at radius 1 is 1.20 bits per heavy atom. The first kappa shape index (κ1) is 10.7. The molecule has 3 atom stereocenters. The van der Waals surface area contributed by atoms with Crippen molar-refractivity contribution in [3.8, 4) is 0 Å². The zero-order valence-electron chi connectivity index (χ0n) is 9.66. The Bertz CT molecular complexity index is 320. The highest BCUT2D eigenvalue weighted by Gasteiger charge is 2.26. The molecule has 0 aliphatic carbocycles. The van der Waals surface area contributed by atoms with Crippen LogP contribution < -0.4 is 5.32 Å². The third-order valence-electron chi connectivity index (χ3n) is 2.97. The fourth-order valence-corrected chi connectivity index (χ4v) is 2.00.